The van der Waals surface area contributed by atoms with E-state index in [0.29, 0.717) is 95.4 Å². The number of rotatable bonds is 19. The standard InChI is InChI=1S/C77H108N8O9/c1-46(12-14-48(3)86)59-23-25-61-57-21-17-51-40-53(28-32-74(51,7)63(57)30-34-76(59,61)9)92-70(88)44-83-42-65(79-81-83)49-15-19-55-56-20-16-50(39-68(56)85(67(55)38-49)37-36-78-72(90)94-73(4,5)6)66-43-84(82-80-66)45-71(89)93-54-29-33-75(8)52(41-54)18-22-58-62-26-24-60(47(2)13-27-69(87)91-11)77(62,10)35-31-64(58)75/h15-16,19-20,38-39,42-43,46-47,51-54,57-64H,12-14,17-18,21-37,40-41,44-45H2,1-11H3,(H,78,90)/t46-,47-,51-,52-,53-,54-,57+,58+,59?,60?,61+,62+,63?,64?,74?,75?,76?,77?/m1/s1. The minimum atomic E-state index is -0.649. The Morgan fingerprint density at radius 1 is 0.585 bits per heavy atom. The molecule has 18 atom stereocenters. The topological polar surface area (TPSA) is 201 Å². The molecule has 0 spiro atoms. The first-order valence-electron chi connectivity index (χ1n) is 36.6. The van der Waals surface area contributed by atoms with E-state index in [1.54, 1.807) is 16.3 Å². The summed E-state index contributed by atoms with van der Waals surface area (Å²) in [6, 6.07) is 12.4. The third-order valence-electron chi connectivity index (χ3n) is 27.5. The number of ketones is 1. The van der Waals surface area contributed by atoms with Crippen LogP contribution in [0.2, 0.25) is 0 Å². The molecule has 94 heavy (non-hydrogen) atoms. The maximum atomic E-state index is 13.8. The molecule has 3 aromatic heterocycles. The van der Waals surface area contributed by atoms with Crippen LogP contribution in [-0.2, 0) is 57.8 Å². The van der Waals surface area contributed by atoms with E-state index in [4.69, 9.17) is 18.9 Å². The van der Waals surface area contributed by atoms with Crippen LogP contribution in [0.25, 0.3) is 44.3 Å². The van der Waals surface area contributed by atoms with Crippen molar-refractivity contribution in [3.8, 4) is 22.5 Å². The zero-order valence-corrected chi connectivity index (χ0v) is 58.4. The van der Waals surface area contributed by atoms with E-state index in [2.05, 4.69) is 96.3 Å². The average molecular weight is 1290 g/mol. The van der Waals surface area contributed by atoms with Gasteiger partial charge in [-0.3, -0.25) is 14.4 Å². The highest BCUT2D eigenvalue weighted by Crippen LogP contribution is 2.70. The van der Waals surface area contributed by atoms with Gasteiger partial charge in [0, 0.05) is 58.9 Å². The fourth-order valence-corrected chi connectivity index (χ4v) is 22.8. The Morgan fingerprint density at radius 3 is 1.50 bits per heavy atom. The lowest BCUT2D eigenvalue weighted by Crippen LogP contribution is -2.54. The highest BCUT2D eigenvalue weighted by Gasteiger charge is 2.63. The number of carbonyl (C=O) groups excluding carboxylic acids is 5. The molecule has 510 valence electrons. The third kappa shape index (κ3) is 12.7. The van der Waals surface area contributed by atoms with Crippen molar-refractivity contribution < 1.29 is 42.9 Å². The minimum Gasteiger partial charge on any atom is -0.469 e. The molecule has 0 bridgehead atoms. The molecule has 1 amide bonds. The fraction of sp³-hybridized carbons (Fsp3) is 0.727. The van der Waals surface area contributed by atoms with Crippen LogP contribution < -0.4 is 5.32 Å². The van der Waals surface area contributed by atoms with Gasteiger partial charge in [-0.1, -0.05) is 76.2 Å². The fourth-order valence-electron chi connectivity index (χ4n) is 22.8. The number of methoxy groups -OCH3 is 1. The lowest BCUT2D eigenvalue weighted by molar-refractivity contribution is -0.164. The molecule has 8 aliphatic rings. The highest BCUT2D eigenvalue weighted by molar-refractivity contribution is 6.10. The SMILES string of the molecule is COC(=O)CC[C@@H](C)C1CC[C@H]2[C@@H]3CC[C@@H]4C[C@H](OC(=O)Cn5cc(-c6ccc7c8ccc(-c9cn(CC(=O)O[C@@H]%10CCC%11(C)C%12CCC%13(C)C([C@H](C)CCC(C)=O)CC[C@H]%13[C@@H]%12CC[C@@H]%11C%10)nn9)cc8n(CCNC(=O)OC(C)(C)C)c7c6)nn5)CCC4(C)C3CCC12C. The minimum absolute atomic E-state index is 0.0256. The number of aromatic nitrogens is 7. The van der Waals surface area contributed by atoms with Crippen LogP contribution in [0.15, 0.2) is 48.8 Å². The van der Waals surface area contributed by atoms with Crippen LogP contribution in [0.4, 0.5) is 4.79 Å². The third-order valence-corrected chi connectivity index (χ3v) is 27.5. The van der Waals surface area contributed by atoms with E-state index >= 15 is 0 Å². The Labute approximate surface area is 557 Å². The summed E-state index contributed by atoms with van der Waals surface area (Å²) in [5.74, 6) is 7.66. The Hall–Kier alpha value is -6.13. The number of hydrogen-bond acceptors (Lipinski definition) is 13. The smallest absolute Gasteiger partial charge is 0.407 e. The summed E-state index contributed by atoms with van der Waals surface area (Å²) >= 11 is 0. The number of ether oxygens (including phenoxy) is 4. The van der Waals surface area contributed by atoms with Gasteiger partial charge in [-0.05, 0) is 261 Å². The van der Waals surface area contributed by atoms with Crippen molar-refractivity contribution in [2.45, 2.75) is 248 Å². The van der Waals surface area contributed by atoms with Crippen molar-refractivity contribution in [1.29, 1.82) is 0 Å². The Morgan fingerprint density at radius 2 is 1.04 bits per heavy atom. The Balaban J connectivity index is 0.637. The number of nitrogens with zero attached hydrogens (tertiary/aromatic N) is 7. The molecule has 8 aliphatic carbocycles. The van der Waals surface area contributed by atoms with Gasteiger partial charge in [0.1, 0.15) is 48.1 Å². The lowest BCUT2D eigenvalue weighted by Gasteiger charge is -2.61. The number of nitrogens with one attached hydrogen (secondary N) is 1. The summed E-state index contributed by atoms with van der Waals surface area (Å²) in [6.07, 6.45) is 27.1. The second-order valence-electron chi connectivity index (χ2n) is 33.5. The monoisotopic (exact) mass is 1290 g/mol. The van der Waals surface area contributed by atoms with Gasteiger partial charge in [0.25, 0.3) is 0 Å². The average Bonchev–Trinajstić information content (AvgIpc) is 1.30. The first-order chi connectivity index (χ1) is 44.8. The molecular formula is C77H108N8O9. The van der Waals surface area contributed by atoms with E-state index in [0.717, 1.165) is 114 Å². The van der Waals surface area contributed by atoms with Crippen molar-refractivity contribution in [3.63, 3.8) is 0 Å². The summed E-state index contributed by atoms with van der Waals surface area (Å²) in [7, 11) is 1.49. The molecule has 0 radical (unpaired) electrons. The van der Waals surface area contributed by atoms with E-state index in [1.165, 1.54) is 84.2 Å². The summed E-state index contributed by atoms with van der Waals surface area (Å²) < 4.78 is 28.6. The van der Waals surface area contributed by atoms with Crippen LogP contribution in [0.5, 0.6) is 0 Å². The van der Waals surface area contributed by atoms with Crippen LogP contribution in [-0.4, -0.2) is 95.8 Å². The summed E-state index contributed by atoms with van der Waals surface area (Å²) in [4.78, 5) is 64.4. The number of esters is 3. The first-order valence-corrected chi connectivity index (χ1v) is 36.6. The van der Waals surface area contributed by atoms with Gasteiger partial charge in [-0.25, -0.2) is 14.2 Å². The summed E-state index contributed by atoms with van der Waals surface area (Å²) in [6.45, 7) is 23.0. The van der Waals surface area contributed by atoms with Gasteiger partial charge in [0.2, 0.25) is 0 Å². The molecular weight excluding hydrogens is 1180 g/mol. The number of amides is 1. The van der Waals surface area contributed by atoms with Crippen LogP contribution in [0.3, 0.4) is 0 Å². The molecule has 1 N–H and O–H groups in total. The van der Waals surface area contributed by atoms with Crippen molar-refractivity contribution in [1.82, 2.24) is 39.9 Å². The zero-order chi connectivity index (χ0) is 66.2. The molecule has 8 saturated carbocycles. The van der Waals surface area contributed by atoms with Crippen LogP contribution in [0.1, 0.15) is 210 Å². The van der Waals surface area contributed by atoms with Crippen molar-refractivity contribution in [2.24, 2.45) is 92.7 Å². The van der Waals surface area contributed by atoms with Crippen LogP contribution >= 0.6 is 0 Å². The van der Waals surface area contributed by atoms with Crippen LogP contribution in [0, 0.1) is 92.7 Å². The van der Waals surface area contributed by atoms with E-state index in [-0.39, 0.29) is 54.0 Å². The molecule has 5 aromatic rings. The molecule has 8 fully saturated rings. The van der Waals surface area contributed by atoms with Gasteiger partial charge in [0.15, 0.2) is 0 Å². The second-order valence-corrected chi connectivity index (χ2v) is 33.5. The number of benzene rings is 2. The largest absolute Gasteiger partial charge is 0.469 e. The van der Waals surface area contributed by atoms with Crippen molar-refractivity contribution in [2.75, 3.05) is 13.7 Å². The number of Topliss-reactive ketones (excluding diaryl/α,β-unsaturated/α-hetero) is 1. The summed E-state index contributed by atoms with van der Waals surface area (Å²) in [5, 5.41) is 23.0. The molecule has 0 saturated heterocycles. The number of fused-ring (bicyclic) bond motifs is 13. The molecule has 17 nitrogen and oxygen atoms in total. The Bertz CT molecular complexity index is 3640. The summed E-state index contributed by atoms with van der Waals surface area (Å²) in [5.41, 5.74) is 5.36. The number of carbonyl (C=O) groups is 5. The van der Waals surface area contributed by atoms with E-state index < -0.39 is 11.7 Å². The zero-order valence-electron chi connectivity index (χ0n) is 58.4. The molecule has 13 rings (SSSR count). The molecule has 2 aromatic carbocycles. The van der Waals surface area contributed by atoms with Gasteiger partial charge in [0.05, 0.1) is 19.5 Å². The molecule has 17 heteroatoms. The lowest BCUT2D eigenvalue weighted by atomic mass is 9.44. The molecule has 0 aliphatic heterocycles. The first kappa shape index (κ1) is 66.5. The molecule has 3 heterocycles. The number of alkyl carbamates (subject to hydrolysis) is 1. The van der Waals surface area contributed by atoms with Gasteiger partial charge in [-0.15, -0.1) is 10.2 Å². The number of hydrogen-bond donors (Lipinski definition) is 1. The van der Waals surface area contributed by atoms with Crippen molar-refractivity contribution >= 4 is 51.6 Å². The quantitative estimate of drug-likeness (QED) is 0.0605. The van der Waals surface area contributed by atoms with Gasteiger partial charge in [-0.2, -0.15) is 0 Å². The predicted octanol–water partition coefficient (Wildman–Crippen LogP) is 15.6. The predicted molar refractivity (Wildman–Crippen MR) is 361 cm³/mol. The van der Waals surface area contributed by atoms with Crippen molar-refractivity contribution in [3.05, 3.63) is 48.8 Å². The normalized spacial score (nSPS) is 34.2. The maximum absolute atomic E-state index is 13.8. The van der Waals surface area contributed by atoms with Gasteiger partial charge >= 0.3 is 24.0 Å². The molecule has 8 unspecified atom stereocenters. The Kier molecular flexibility index (Phi) is 18.4. The second kappa shape index (κ2) is 26.0. The van der Waals surface area contributed by atoms with E-state index in [1.807, 2.05) is 45.3 Å². The van der Waals surface area contributed by atoms with E-state index in [9.17, 15) is 24.0 Å². The van der Waals surface area contributed by atoms with Gasteiger partial charge < -0.3 is 33.6 Å². The highest BCUT2D eigenvalue weighted by atomic mass is 16.6. The maximum Gasteiger partial charge on any atom is 0.407 e.